The van der Waals surface area contributed by atoms with E-state index in [1.165, 1.54) is 11.3 Å². The zero-order valence-electron chi connectivity index (χ0n) is 10.8. The Morgan fingerprint density at radius 3 is 3.00 bits per heavy atom. The molecular weight excluding hydrogens is 292 g/mol. The first-order valence-electron chi connectivity index (χ1n) is 6.52. The van der Waals surface area contributed by atoms with E-state index >= 15 is 0 Å². The van der Waals surface area contributed by atoms with Crippen LogP contribution in [0, 0.1) is 5.92 Å². The van der Waals surface area contributed by atoms with Crippen molar-refractivity contribution in [1.29, 1.82) is 0 Å². The highest BCUT2D eigenvalue weighted by Gasteiger charge is 2.22. The van der Waals surface area contributed by atoms with Gasteiger partial charge in [-0.15, -0.1) is 0 Å². The predicted octanol–water partition coefficient (Wildman–Crippen LogP) is 2.68. The molecule has 1 aromatic rings. The quantitative estimate of drug-likeness (QED) is 0.902. The largest absolute Gasteiger partial charge is 0.396 e. The average molecular weight is 313 g/mol. The van der Waals surface area contributed by atoms with Gasteiger partial charge < -0.3 is 15.7 Å². The van der Waals surface area contributed by atoms with Gasteiger partial charge in [0, 0.05) is 35.9 Å². The van der Waals surface area contributed by atoms with E-state index in [0.717, 1.165) is 30.4 Å². The fourth-order valence-corrected chi connectivity index (χ4v) is 2.99. The van der Waals surface area contributed by atoms with Gasteiger partial charge in [-0.3, -0.25) is 0 Å². The Morgan fingerprint density at radius 1 is 1.56 bits per heavy atom. The van der Waals surface area contributed by atoms with Crippen molar-refractivity contribution in [2.24, 2.45) is 11.7 Å². The van der Waals surface area contributed by atoms with Crippen LogP contribution in [0.1, 0.15) is 31.4 Å². The Balaban J connectivity index is 2.26. The van der Waals surface area contributed by atoms with Crippen LogP contribution < -0.4 is 10.6 Å². The highest BCUT2D eigenvalue weighted by molar-refractivity contribution is 9.10. The minimum Gasteiger partial charge on any atom is -0.396 e. The number of benzene rings is 1. The second kappa shape index (κ2) is 6.04. The summed E-state index contributed by atoms with van der Waals surface area (Å²) >= 11 is 3.50. The molecule has 18 heavy (non-hydrogen) atoms. The van der Waals surface area contributed by atoms with E-state index in [4.69, 9.17) is 5.73 Å². The van der Waals surface area contributed by atoms with E-state index in [9.17, 15) is 5.11 Å². The maximum Gasteiger partial charge on any atom is 0.0476 e. The van der Waals surface area contributed by atoms with Crippen LogP contribution in [0.4, 0.5) is 5.69 Å². The summed E-state index contributed by atoms with van der Waals surface area (Å²) in [6, 6.07) is 6.31. The number of nitrogens with two attached hydrogens (primary N) is 1. The number of hydrogen-bond acceptors (Lipinski definition) is 3. The molecule has 2 atom stereocenters. The van der Waals surface area contributed by atoms with Crippen LogP contribution in [0.5, 0.6) is 0 Å². The summed E-state index contributed by atoms with van der Waals surface area (Å²) in [5.74, 6) is 0.392. The lowest BCUT2D eigenvalue weighted by molar-refractivity contribution is 0.208. The molecule has 0 bridgehead atoms. The summed E-state index contributed by atoms with van der Waals surface area (Å²) in [7, 11) is 0. The van der Waals surface area contributed by atoms with Crippen LogP contribution >= 0.6 is 15.9 Å². The molecule has 3 N–H and O–H groups in total. The number of aliphatic hydroxyl groups is 1. The van der Waals surface area contributed by atoms with E-state index in [-0.39, 0.29) is 12.6 Å². The van der Waals surface area contributed by atoms with Gasteiger partial charge in [-0.2, -0.15) is 0 Å². The Morgan fingerprint density at radius 2 is 2.33 bits per heavy atom. The molecule has 0 amide bonds. The van der Waals surface area contributed by atoms with Crippen molar-refractivity contribution in [3.05, 3.63) is 28.2 Å². The maximum absolute atomic E-state index is 9.32. The van der Waals surface area contributed by atoms with Crippen molar-refractivity contribution in [3.8, 4) is 0 Å². The molecule has 2 rings (SSSR count). The number of nitrogens with zero attached hydrogens (tertiary/aromatic N) is 1. The van der Waals surface area contributed by atoms with Crippen molar-refractivity contribution in [1.82, 2.24) is 0 Å². The molecule has 1 aliphatic rings. The average Bonchev–Trinajstić information content (AvgIpc) is 2.38. The molecule has 1 aromatic carbocycles. The van der Waals surface area contributed by atoms with Crippen molar-refractivity contribution >= 4 is 21.6 Å². The van der Waals surface area contributed by atoms with Gasteiger partial charge in [-0.25, -0.2) is 0 Å². The third kappa shape index (κ3) is 3.05. The minimum atomic E-state index is 0.0204. The first kappa shape index (κ1) is 13.8. The summed E-state index contributed by atoms with van der Waals surface area (Å²) < 4.78 is 1.06. The van der Waals surface area contributed by atoms with Crippen LogP contribution in [0.25, 0.3) is 0 Å². The molecule has 100 valence electrons. The van der Waals surface area contributed by atoms with Crippen LogP contribution in [0.3, 0.4) is 0 Å². The summed E-state index contributed by atoms with van der Waals surface area (Å²) in [5.41, 5.74) is 8.44. The van der Waals surface area contributed by atoms with Crippen LogP contribution in [0.15, 0.2) is 22.7 Å². The normalized spacial score (nSPS) is 22.0. The van der Waals surface area contributed by atoms with E-state index < -0.39 is 0 Å². The lowest BCUT2D eigenvalue weighted by Gasteiger charge is -2.35. The third-order valence-electron chi connectivity index (χ3n) is 3.60. The molecule has 1 saturated heterocycles. The Hall–Kier alpha value is -0.580. The summed E-state index contributed by atoms with van der Waals surface area (Å²) in [6.07, 6.45) is 2.26. The molecular formula is C14H21BrN2O. The maximum atomic E-state index is 9.32. The Bertz CT molecular complexity index is 409. The number of aliphatic hydroxyl groups excluding tert-OH is 1. The zero-order valence-corrected chi connectivity index (χ0v) is 12.4. The van der Waals surface area contributed by atoms with E-state index in [0.29, 0.717) is 5.92 Å². The number of halogens is 1. The summed E-state index contributed by atoms with van der Waals surface area (Å²) in [6.45, 7) is 4.27. The highest BCUT2D eigenvalue weighted by Crippen LogP contribution is 2.31. The molecule has 1 fully saturated rings. The Labute approximate surface area is 117 Å². The summed E-state index contributed by atoms with van der Waals surface area (Å²) in [5, 5.41) is 9.32. The van der Waals surface area contributed by atoms with Gasteiger partial charge >= 0.3 is 0 Å². The van der Waals surface area contributed by atoms with Gasteiger partial charge in [0.15, 0.2) is 0 Å². The lowest BCUT2D eigenvalue weighted by atomic mass is 9.97. The SMILES string of the molecule is CC(N)c1cc(Br)ccc1N1CCCC(CO)C1. The van der Waals surface area contributed by atoms with Gasteiger partial charge in [0.2, 0.25) is 0 Å². The third-order valence-corrected chi connectivity index (χ3v) is 4.09. The van der Waals surface area contributed by atoms with Gasteiger partial charge in [-0.1, -0.05) is 15.9 Å². The second-order valence-electron chi connectivity index (χ2n) is 5.13. The van der Waals surface area contributed by atoms with Crippen molar-refractivity contribution in [3.63, 3.8) is 0 Å². The van der Waals surface area contributed by atoms with Gasteiger partial charge in [0.05, 0.1) is 0 Å². The molecule has 0 aliphatic carbocycles. The monoisotopic (exact) mass is 312 g/mol. The van der Waals surface area contributed by atoms with Crippen LogP contribution in [-0.2, 0) is 0 Å². The van der Waals surface area contributed by atoms with Crippen molar-refractivity contribution < 1.29 is 5.11 Å². The lowest BCUT2D eigenvalue weighted by Crippen LogP contribution is -2.37. The highest BCUT2D eigenvalue weighted by atomic mass is 79.9. The number of anilines is 1. The molecule has 0 radical (unpaired) electrons. The van der Waals surface area contributed by atoms with E-state index in [1.807, 2.05) is 6.92 Å². The zero-order chi connectivity index (χ0) is 13.1. The van der Waals surface area contributed by atoms with Crippen molar-refractivity contribution in [2.45, 2.75) is 25.8 Å². The van der Waals surface area contributed by atoms with Crippen LogP contribution in [0.2, 0.25) is 0 Å². The summed E-state index contributed by atoms with van der Waals surface area (Å²) in [4.78, 5) is 2.36. The number of piperidine rings is 1. The first-order valence-corrected chi connectivity index (χ1v) is 7.32. The molecule has 2 unspecified atom stereocenters. The molecule has 3 nitrogen and oxygen atoms in total. The first-order chi connectivity index (χ1) is 8.61. The van der Waals surface area contributed by atoms with Gasteiger partial charge in [0.25, 0.3) is 0 Å². The minimum absolute atomic E-state index is 0.0204. The molecule has 4 heteroatoms. The molecule has 0 saturated carbocycles. The molecule has 1 aliphatic heterocycles. The fraction of sp³-hybridized carbons (Fsp3) is 0.571. The second-order valence-corrected chi connectivity index (χ2v) is 6.04. The number of hydrogen-bond donors (Lipinski definition) is 2. The molecule has 0 aromatic heterocycles. The fourth-order valence-electron chi connectivity index (χ4n) is 2.61. The van der Waals surface area contributed by atoms with Crippen LogP contribution in [-0.4, -0.2) is 24.8 Å². The van der Waals surface area contributed by atoms with Crippen molar-refractivity contribution in [2.75, 3.05) is 24.6 Å². The predicted molar refractivity (Wildman–Crippen MR) is 78.8 cm³/mol. The van der Waals surface area contributed by atoms with Gasteiger partial charge in [0.1, 0.15) is 0 Å². The standard InChI is InChI=1S/C14H21BrN2O/c1-10(16)13-7-12(15)4-5-14(13)17-6-2-3-11(8-17)9-18/h4-5,7,10-11,18H,2-3,6,8-9,16H2,1H3. The number of rotatable bonds is 3. The topological polar surface area (TPSA) is 49.5 Å². The molecule has 0 spiro atoms. The molecule has 1 heterocycles. The van der Waals surface area contributed by atoms with E-state index in [1.54, 1.807) is 0 Å². The van der Waals surface area contributed by atoms with E-state index in [2.05, 4.69) is 39.0 Å². The van der Waals surface area contributed by atoms with Gasteiger partial charge in [-0.05, 0) is 49.4 Å². The smallest absolute Gasteiger partial charge is 0.0476 e. The Kier molecular flexibility index (Phi) is 4.65.